The number of benzene rings is 1. The second kappa shape index (κ2) is 6.53. The fourth-order valence-electron chi connectivity index (χ4n) is 1.24. The van der Waals surface area contributed by atoms with E-state index in [9.17, 15) is 13.6 Å². The second-order valence-corrected chi connectivity index (χ2v) is 4.08. The van der Waals surface area contributed by atoms with E-state index in [-0.39, 0.29) is 28.1 Å². The first kappa shape index (κ1) is 14.7. The van der Waals surface area contributed by atoms with Crippen molar-refractivity contribution in [2.75, 3.05) is 13.2 Å². The number of carboxylic acid groups (broad SMARTS) is 1. The van der Waals surface area contributed by atoms with E-state index < -0.39 is 19.0 Å². The quantitative estimate of drug-likeness (QED) is 0.873. The molecule has 0 saturated carbocycles. The summed E-state index contributed by atoms with van der Waals surface area (Å²) in [6, 6.07) is 2.50. The maximum Gasteiger partial charge on any atom is 0.335 e. The molecule has 0 aliphatic heterocycles. The summed E-state index contributed by atoms with van der Waals surface area (Å²) in [5.74, 6) is -0.955. The van der Waals surface area contributed by atoms with Crippen molar-refractivity contribution >= 4 is 21.9 Å². The standard InChI is InChI=1S/C11H11BrF2O4/c1-2-17-8-4-6(11(15)16)3-7(12)10(8)18-5-9(13)14/h3-4,9H,2,5H2,1H3,(H,15,16). The average molecular weight is 325 g/mol. The van der Waals surface area contributed by atoms with Crippen molar-refractivity contribution in [2.45, 2.75) is 13.3 Å². The minimum atomic E-state index is -2.62. The molecule has 1 rings (SSSR count). The van der Waals surface area contributed by atoms with Crippen molar-refractivity contribution in [3.63, 3.8) is 0 Å². The van der Waals surface area contributed by atoms with Crippen LogP contribution in [0, 0.1) is 0 Å². The lowest BCUT2D eigenvalue weighted by Crippen LogP contribution is -2.09. The highest BCUT2D eigenvalue weighted by atomic mass is 79.9. The topological polar surface area (TPSA) is 55.8 Å². The summed E-state index contributed by atoms with van der Waals surface area (Å²) >= 11 is 3.07. The van der Waals surface area contributed by atoms with E-state index in [1.54, 1.807) is 6.92 Å². The van der Waals surface area contributed by atoms with Gasteiger partial charge in [-0.15, -0.1) is 0 Å². The summed E-state index contributed by atoms with van der Waals surface area (Å²) in [5.41, 5.74) is -0.0188. The molecule has 1 aromatic rings. The van der Waals surface area contributed by atoms with Crippen LogP contribution in [0.25, 0.3) is 0 Å². The largest absolute Gasteiger partial charge is 0.490 e. The minimum absolute atomic E-state index is 0.0188. The molecule has 0 bridgehead atoms. The highest BCUT2D eigenvalue weighted by molar-refractivity contribution is 9.10. The summed E-state index contributed by atoms with van der Waals surface area (Å²) in [5, 5.41) is 8.87. The monoisotopic (exact) mass is 324 g/mol. The Morgan fingerprint density at radius 3 is 2.61 bits per heavy atom. The van der Waals surface area contributed by atoms with Gasteiger partial charge in [0.05, 0.1) is 16.6 Å². The van der Waals surface area contributed by atoms with Gasteiger partial charge in [-0.25, -0.2) is 13.6 Å². The SMILES string of the molecule is CCOc1cc(C(=O)O)cc(Br)c1OCC(F)F. The van der Waals surface area contributed by atoms with E-state index in [1.807, 2.05) is 0 Å². The van der Waals surface area contributed by atoms with Crippen molar-refractivity contribution in [2.24, 2.45) is 0 Å². The number of rotatable bonds is 6. The summed E-state index contributed by atoms with van der Waals surface area (Å²) in [7, 11) is 0. The Balaban J connectivity index is 3.09. The lowest BCUT2D eigenvalue weighted by molar-refractivity contribution is 0.0693. The minimum Gasteiger partial charge on any atom is -0.490 e. The second-order valence-electron chi connectivity index (χ2n) is 3.23. The number of halogens is 3. The molecule has 0 spiro atoms. The van der Waals surface area contributed by atoms with Crippen LogP contribution in [0.2, 0.25) is 0 Å². The highest BCUT2D eigenvalue weighted by Crippen LogP contribution is 2.37. The maximum atomic E-state index is 12.1. The number of aromatic carboxylic acids is 1. The van der Waals surface area contributed by atoms with Gasteiger partial charge in [-0.2, -0.15) is 0 Å². The smallest absolute Gasteiger partial charge is 0.335 e. The molecule has 7 heteroatoms. The zero-order chi connectivity index (χ0) is 13.7. The number of alkyl halides is 2. The number of hydrogen-bond donors (Lipinski definition) is 1. The number of carboxylic acids is 1. The summed E-state index contributed by atoms with van der Waals surface area (Å²) in [6.07, 6.45) is -2.62. The van der Waals surface area contributed by atoms with Gasteiger partial charge in [-0.3, -0.25) is 0 Å². The molecular weight excluding hydrogens is 314 g/mol. The van der Waals surface area contributed by atoms with Crippen LogP contribution in [0.15, 0.2) is 16.6 Å². The summed E-state index contributed by atoms with van der Waals surface area (Å²) < 4.78 is 34.5. The molecular formula is C11H11BrF2O4. The Labute approximate surface area is 111 Å². The van der Waals surface area contributed by atoms with Crippen molar-refractivity contribution < 1.29 is 28.2 Å². The molecule has 0 fully saturated rings. The predicted octanol–water partition coefficient (Wildman–Crippen LogP) is 3.19. The zero-order valence-electron chi connectivity index (χ0n) is 9.45. The van der Waals surface area contributed by atoms with Crippen LogP contribution in [0.3, 0.4) is 0 Å². The first-order chi connectivity index (χ1) is 8.45. The van der Waals surface area contributed by atoms with E-state index in [0.717, 1.165) is 0 Å². The molecule has 0 heterocycles. The predicted molar refractivity (Wildman–Crippen MR) is 63.8 cm³/mol. The number of carbonyl (C=O) groups is 1. The molecule has 1 aromatic carbocycles. The Hall–Kier alpha value is -1.37. The average Bonchev–Trinajstić information content (AvgIpc) is 2.27. The molecule has 0 aromatic heterocycles. The lowest BCUT2D eigenvalue weighted by Gasteiger charge is -2.14. The van der Waals surface area contributed by atoms with Crippen LogP contribution < -0.4 is 9.47 Å². The van der Waals surface area contributed by atoms with E-state index in [4.69, 9.17) is 14.6 Å². The van der Waals surface area contributed by atoms with Crippen LogP contribution >= 0.6 is 15.9 Å². The van der Waals surface area contributed by atoms with Crippen molar-refractivity contribution in [1.29, 1.82) is 0 Å². The van der Waals surface area contributed by atoms with Gasteiger partial charge in [0, 0.05) is 0 Å². The first-order valence-corrected chi connectivity index (χ1v) is 5.85. The molecule has 0 radical (unpaired) electrons. The van der Waals surface area contributed by atoms with Gasteiger partial charge in [0.1, 0.15) is 6.61 Å². The van der Waals surface area contributed by atoms with Gasteiger partial charge in [-0.1, -0.05) is 0 Å². The van der Waals surface area contributed by atoms with Crippen molar-refractivity contribution in [1.82, 2.24) is 0 Å². The Morgan fingerprint density at radius 2 is 2.11 bits per heavy atom. The molecule has 1 N–H and O–H groups in total. The maximum absolute atomic E-state index is 12.1. The Bertz CT molecular complexity index is 437. The van der Waals surface area contributed by atoms with Gasteiger partial charge >= 0.3 is 5.97 Å². The van der Waals surface area contributed by atoms with Gasteiger partial charge in [0.15, 0.2) is 11.5 Å². The van der Waals surface area contributed by atoms with Crippen LogP contribution in [0.1, 0.15) is 17.3 Å². The lowest BCUT2D eigenvalue weighted by atomic mass is 10.2. The first-order valence-electron chi connectivity index (χ1n) is 5.06. The van der Waals surface area contributed by atoms with Gasteiger partial charge in [0.2, 0.25) is 0 Å². The fraction of sp³-hybridized carbons (Fsp3) is 0.364. The molecule has 0 amide bonds. The van der Waals surface area contributed by atoms with Gasteiger partial charge < -0.3 is 14.6 Å². The molecule has 4 nitrogen and oxygen atoms in total. The highest BCUT2D eigenvalue weighted by Gasteiger charge is 2.16. The zero-order valence-corrected chi connectivity index (χ0v) is 11.0. The van der Waals surface area contributed by atoms with E-state index in [2.05, 4.69) is 15.9 Å². The van der Waals surface area contributed by atoms with Crippen molar-refractivity contribution in [3.05, 3.63) is 22.2 Å². The third-order valence-electron chi connectivity index (χ3n) is 1.91. The molecule has 100 valence electrons. The van der Waals surface area contributed by atoms with E-state index in [1.165, 1.54) is 12.1 Å². The molecule has 0 saturated heterocycles. The summed E-state index contributed by atoms with van der Waals surface area (Å²) in [4.78, 5) is 10.8. The normalized spacial score (nSPS) is 10.5. The molecule has 0 aliphatic carbocycles. The van der Waals surface area contributed by atoms with Crippen molar-refractivity contribution in [3.8, 4) is 11.5 Å². The molecule has 0 aliphatic rings. The summed E-state index contributed by atoms with van der Waals surface area (Å²) in [6.45, 7) is 1.17. The van der Waals surface area contributed by atoms with Crippen LogP contribution in [-0.4, -0.2) is 30.7 Å². The van der Waals surface area contributed by atoms with E-state index >= 15 is 0 Å². The Kier molecular flexibility index (Phi) is 5.33. The van der Waals surface area contributed by atoms with Crippen LogP contribution in [-0.2, 0) is 0 Å². The number of hydrogen-bond acceptors (Lipinski definition) is 3. The van der Waals surface area contributed by atoms with E-state index in [0.29, 0.717) is 0 Å². The molecule has 18 heavy (non-hydrogen) atoms. The number of ether oxygens (including phenoxy) is 2. The van der Waals surface area contributed by atoms with Crippen LogP contribution in [0.4, 0.5) is 8.78 Å². The van der Waals surface area contributed by atoms with Gasteiger partial charge in [-0.05, 0) is 35.0 Å². The molecule has 0 unspecified atom stereocenters. The van der Waals surface area contributed by atoms with Crippen LogP contribution in [0.5, 0.6) is 11.5 Å². The third kappa shape index (κ3) is 3.83. The third-order valence-corrected chi connectivity index (χ3v) is 2.50. The molecule has 0 atom stereocenters. The Morgan fingerprint density at radius 1 is 1.44 bits per heavy atom. The van der Waals surface area contributed by atoms with Gasteiger partial charge in [0.25, 0.3) is 6.43 Å². The fourth-order valence-corrected chi connectivity index (χ4v) is 1.80.